The van der Waals surface area contributed by atoms with E-state index in [0.717, 1.165) is 19.4 Å². The molecule has 0 saturated carbocycles. The zero-order chi connectivity index (χ0) is 14.8. The Morgan fingerprint density at radius 3 is 2.80 bits per heavy atom. The van der Waals surface area contributed by atoms with Crippen LogP contribution in [0.3, 0.4) is 0 Å². The molecule has 112 valence electrons. The van der Waals surface area contributed by atoms with Gasteiger partial charge in [0.15, 0.2) is 0 Å². The molecule has 1 amide bonds. The molecule has 0 aliphatic heterocycles. The summed E-state index contributed by atoms with van der Waals surface area (Å²) in [6, 6.07) is 5.20. The Morgan fingerprint density at radius 2 is 2.10 bits per heavy atom. The van der Waals surface area contributed by atoms with Gasteiger partial charge in [0.1, 0.15) is 11.3 Å². The molecule has 1 aromatic carbocycles. The fourth-order valence-corrected chi connectivity index (χ4v) is 1.74. The van der Waals surface area contributed by atoms with Crippen molar-refractivity contribution in [2.75, 3.05) is 32.1 Å². The highest BCUT2D eigenvalue weighted by atomic mass is 16.5. The molecule has 0 saturated heterocycles. The molecule has 0 radical (unpaired) electrons. The lowest BCUT2D eigenvalue weighted by molar-refractivity contribution is 0.0910. The SMILES string of the molecule is CCCCOCCNC(=O)c1c(N)cccc1OCC. The quantitative estimate of drug-likeness (QED) is 0.537. The molecule has 0 aliphatic carbocycles. The third kappa shape index (κ3) is 5.09. The van der Waals surface area contributed by atoms with Crippen molar-refractivity contribution in [3.8, 4) is 5.75 Å². The fourth-order valence-electron chi connectivity index (χ4n) is 1.74. The zero-order valence-corrected chi connectivity index (χ0v) is 12.3. The molecule has 0 spiro atoms. The maximum Gasteiger partial charge on any atom is 0.257 e. The molecular formula is C15H24N2O3. The number of carbonyl (C=O) groups is 1. The lowest BCUT2D eigenvalue weighted by atomic mass is 10.1. The number of amides is 1. The molecule has 0 aromatic heterocycles. The lowest BCUT2D eigenvalue weighted by Gasteiger charge is -2.12. The molecule has 0 unspecified atom stereocenters. The predicted octanol–water partition coefficient (Wildman–Crippen LogP) is 2.21. The second kappa shape index (κ2) is 9.20. The number of nitrogens with two attached hydrogens (primary N) is 1. The first kappa shape index (κ1) is 16.3. The second-order valence-electron chi connectivity index (χ2n) is 4.38. The van der Waals surface area contributed by atoms with Crippen LogP contribution in [0.1, 0.15) is 37.0 Å². The lowest BCUT2D eigenvalue weighted by Crippen LogP contribution is -2.28. The molecule has 3 N–H and O–H groups in total. The third-order valence-corrected chi connectivity index (χ3v) is 2.76. The summed E-state index contributed by atoms with van der Waals surface area (Å²) in [7, 11) is 0. The summed E-state index contributed by atoms with van der Waals surface area (Å²) in [5.41, 5.74) is 6.66. The van der Waals surface area contributed by atoms with Crippen LogP contribution in [0, 0.1) is 0 Å². The van der Waals surface area contributed by atoms with Crippen molar-refractivity contribution in [3.63, 3.8) is 0 Å². The van der Waals surface area contributed by atoms with Crippen molar-refractivity contribution in [2.24, 2.45) is 0 Å². The van der Waals surface area contributed by atoms with Gasteiger partial charge in [-0.25, -0.2) is 0 Å². The van der Waals surface area contributed by atoms with E-state index in [4.69, 9.17) is 15.2 Å². The maximum atomic E-state index is 12.1. The van der Waals surface area contributed by atoms with Crippen LogP contribution in [0.2, 0.25) is 0 Å². The number of nitrogen functional groups attached to an aromatic ring is 1. The Hall–Kier alpha value is -1.75. The van der Waals surface area contributed by atoms with Crippen LogP contribution in [-0.2, 0) is 4.74 Å². The summed E-state index contributed by atoms with van der Waals surface area (Å²) in [6.45, 7) is 6.16. The first-order chi connectivity index (χ1) is 9.70. The summed E-state index contributed by atoms with van der Waals surface area (Å²) >= 11 is 0. The van der Waals surface area contributed by atoms with Crippen molar-refractivity contribution in [1.29, 1.82) is 0 Å². The summed E-state index contributed by atoms with van der Waals surface area (Å²) in [5, 5.41) is 2.79. The average molecular weight is 280 g/mol. The summed E-state index contributed by atoms with van der Waals surface area (Å²) in [6.07, 6.45) is 2.14. The van der Waals surface area contributed by atoms with Gasteiger partial charge < -0.3 is 20.5 Å². The molecule has 1 rings (SSSR count). The van der Waals surface area contributed by atoms with Crippen LogP contribution in [0.4, 0.5) is 5.69 Å². The van der Waals surface area contributed by atoms with Gasteiger partial charge in [-0.15, -0.1) is 0 Å². The van der Waals surface area contributed by atoms with Gasteiger partial charge in [0.05, 0.1) is 13.2 Å². The number of benzene rings is 1. The molecule has 0 heterocycles. The number of unbranched alkanes of at least 4 members (excludes halogenated alkanes) is 1. The normalized spacial score (nSPS) is 10.3. The fraction of sp³-hybridized carbons (Fsp3) is 0.533. The molecule has 5 heteroatoms. The minimum atomic E-state index is -0.231. The van der Waals surface area contributed by atoms with Crippen molar-refractivity contribution >= 4 is 11.6 Å². The van der Waals surface area contributed by atoms with Gasteiger partial charge in [-0.05, 0) is 25.5 Å². The Bertz CT molecular complexity index is 422. The van der Waals surface area contributed by atoms with E-state index in [1.807, 2.05) is 6.92 Å². The Labute approximate surface area is 120 Å². The van der Waals surface area contributed by atoms with Crippen molar-refractivity contribution < 1.29 is 14.3 Å². The van der Waals surface area contributed by atoms with E-state index >= 15 is 0 Å². The van der Waals surface area contributed by atoms with Crippen molar-refractivity contribution in [2.45, 2.75) is 26.7 Å². The summed E-state index contributed by atoms with van der Waals surface area (Å²) in [4.78, 5) is 12.1. The standard InChI is InChI=1S/C15H24N2O3/c1-3-5-10-19-11-9-17-15(18)14-12(16)7-6-8-13(14)20-4-2/h6-8H,3-5,9-11,16H2,1-2H3,(H,17,18). The van der Waals surface area contributed by atoms with Gasteiger partial charge in [-0.3, -0.25) is 4.79 Å². The first-order valence-electron chi connectivity index (χ1n) is 7.07. The van der Waals surface area contributed by atoms with Crippen molar-refractivity contribution in [3.05, 3.63) is 23.8 Å². The zero-order valence-electron chi connectivity index (χ0n) is 12.3. The maximum absolute atomic E-state index is 12.1. The number of nitrogens with one attached hydrogen (secondary N) is 1. The van der Waals surface area contributed by atoms with Gasteiger partial charge in [0, 0.05) is 18.8 Å². The molecule has 0 bridgehead atoms. The summed E-state index contributed by atoms with van der Waals surface area (Å²) < 4.78 is 10.8. The Morgan fingerprint density at radius 1 is 1.30 bits per heavy atom. The smallest absolute Gasteiger partial charge is 0.257 e. The molecular weight excluding hydrogens is 256 g/mol. The number of rotatable bonds is 9. The molecule has 0 fully saturated rings. The van der Waals surface area contributed by atoms with Crippen LogP contribution in [0.15, 0.2) is 18.2 Å². The van der Waals surface area contributed by atoms with Crippen LogP contribution in [0.5, 0.6) is 5.75 Å². The van der Waals surface area contributed by atoms with E-state index in [-0.39, 0.29) is 5.91 Å². The van der Waals surface area contributed by atoms with Gasteiger partial charge in [0.2, 0.25) is 0 Å². The highest BCUT2D eigenvalue weighted by Gasteiger charge is 2.15. The van der Waals surface area contributed by atoms with E-state index < -0.39 is 0 Å². The number of ether oxygens (including phenoxy) is 2. The third-order valence-electron chi connectivity index (χ3n) is 2.76. The Balaban J connectivity index is 2.50. The molecule has 5 nitrogen and oxygen atoms in total. The number of hydrogen-bond acceptors (Lipinski definition) is 4. The van der Waals surface area contributed by atoms with Crippen LogP contribution >= 0.6 is 0 Å². The number of anilines is 1. The Kier molecular flexibility index (Phi) is 7.50. The van der Waals surface area contributed by atoms with E-state index in [9.17, 15) is 4.79 Å². The second-order valence-corrected chi connectivity index (χ2v) is 4.38. The monoisotopic (exact) mass is 280 g/mol. The topological polar surface area (TPSA) is 73.6 Å². The minimum absolute atomic E-state index is 0.231. The largest absolute Gasteiger partial charge is 0.493 e. The minimum Gasteiger partial charge on any atom is -0.493 e. The van der Waals surface area contributed by atoms with Gasteiger partial charge >= 0.3 is 0 Å². The van der Waals surface area contributed by atoms with Gasteiger partial charge in [-0.2, -0.15) is 0 Å². The first-order valence-corrected chi connectivity index (χ1v) is 7.07. The predicted molar refractivity (Wildman–Crippen MR) is 80.1 cm³/mol. The highest BCUT2D eigenvalue weighted by molar-refractivity contribution is 6.01. The van der Waals surface area contributed by atoms with Crippen LogP contribution in [-0.4, -0.2) is 32.3 Å². The number of carbonyl (C=O) groups excluding carboxylic acids is 1. The van der Waals surface area contributed by atoms with Crippen LogP contribution < -0.4 is 15.8 Å². The highest BCUT2D eigenvalue weighted by Crippen LogP contribution is 2.24. The van der Waals surface area contributed by atoms with E-state index in [1.165, 1.54) is 0 Å². The van der Waals surface area contributed by atoms with E-state index in [1.54, 1.807) is 18.2 Å². The average Bonchev–Trinajstić information content (AvgIpc) is 2.43. The summed E-state index contributed by atoms with van der Waals surface area (Å²) in [5.74, 6) is 0.280. The molecule has 20 heavy (non-hydrogen) atoms. The van der Waals surface area contributed by atoms with E-state index in [2.05, 4.69) is 12.2 Å². The van der Waals surface area contributed by atoms with Crippen molar-refractivity contribution in [1.82, 2.24) is 5.32 Å². The van der Waals surface area contributed by atoms with Gasteiger partial charge in [-0.1, -0.05) is 19.4 Å². The van der Waals surface area contributed by atoms with Crippen LogP contribution in [0.25, 0.3) is 0 Å². The molecule has 0 aliphatic rings. The molecule has 0 atom stereocenters. The van der Waals surface area contributed by atoms with E-state index in [0.29, 0.717) is 36.8 Å². The molecule has 1 aromatic rings. The van der Waals surface area contributed by atoms with Gasteiger partial charge in [0.25, 0.3) is 5.91 Å². The number of hydrogen-bond donors (Lipinski definition) is 2.